The van der Waals surface area contributed by atoms with Gasteiger partial charge in [0.15, 0.2) is 0 Å². The first-order valence-electron chi connectivity index (χ1n) is 10.9. The second-order valence-electron chi connectivity index (χ2n) is 8.71. The Hall–Kier alpha value is -2.84. The van der Waals surface area contributed by atoms with Crippen molar-refractivity contribution in [1.29, 1.82) is 0 Å². The summed E-state index contributed by atoms with van der Waals surface area (Å²) in [6, 6.07) is 21.4. The first kappa shape index (κ1) is 20.7. The van der Waals surface area contributed by atoms with Gasteiger partial charge in [-0.1, -0.05) is 0 Å². The van der Waals surface area contributed by atoms with E-state index in [0.29, 0.717) is 5.56 Å². The van der Waals surface area contributed by atoms with Gasteiger partial charge in [0.05, 0.1) is 0 Å². The molecule has 0 radical (unpaired) electrons. The molecule has 3 aromatic carbocycles. The van der Waals surface area contributed by atoms with Crippen molar-refractivity contribution in [3.05, 3.63) is 93.1 Å². The molecular weight excluding hydrogens is 529 g/mol. The zero-order chi connectivity index (χ0) is 22.6. The molecule has 3 aliphatic rings. The van der Waals surface area contributed by atoms with E-state index >= 15 is 0 Å². The Kier molecular flexibility index (Phi) is 4.78. The van der Waals surface area contributed by atoms with Gasteiger partial charge in [0, 0.05) is 0 Å². The van der Waals surface area contributed by atoms with Crippen LogP contribution in [-0.4, -0.2) is 22.6 Å². The number of halogens is 1. The maximum absolute atomic E-state index is 11.3. The number of benzene rings is 3. The molecule has 0 bridgehead atoms. The molecule has 2 heterocycles. The van der Waals surface area contributed by atoms with Crippen molar-refractivity contribution < 1.29 is 19.4 Å². The molecule has 1 saturated carbocycles. The molecule has 2 N–H and O–H groups in total. The van der Waals surface area contributed by atoms with Gasteiger partial charge >= 0.3 is 200 Å². The molecule has 0 spiro atoms. The number of methoxy groups -OCH3 is 1. The summed E-state index contributed by atoms with van der Waals surface area (Å²) in [6.45, 7) is 0. The predicted octanol–water partition coefficient (Wildman–Crippen LogP) is 6.12. The van der Waals surface area contributed by atoms with Crippen LogP contribution in [0.2, 0.25) is 0 Å². The van der Waals surface area contributed by atoms with E-state index < -0.39 is 25.8 Å². The maximum atomic E-state index is 11.3. The third-order valence-electron chi connectivity index (χ3n) is 6.67. The van der Waals surface area contributed by atoms with Crippen LogP contribution < -0.4 is 14.8 Å². The molecule has 168 valence electrons. The predicted molar refractivity (Wildman–Crippen MR) is 137 cm³/mol. The monoisotopic (exact) mass is 553 g/mol. The van der Waals surface area contributed by atoms with Crippen molar-refractivity contribution in [2.75, 3.05) is 11.5 Å². The normalized spacial score (nSPS) is 22.2. The molecule has 2 aliphatic heterocycles. The van der Waals surface area contributed by atoms with Crippen LogP contribution in [0.15, 0.2) is 70.8 Å². The summed E-state index contributed by atoms with van der Waals surface area (Å²) >= 11 is -1.35. The number of fused-ring (bicyclic) bond motifs is 3. The van der Waals surface area contributed by atoms with Gasteiger partial charge in [-0.25, -0.2) is 0 Å². The third-order valence-corrected chi connectivity index (χ3v) is 12.5. The third kappa shape index (κ3) is 3.52. The number of carboxylic acids is 1. The van der Waals surface area contributed by atoms with Gasteiger partial charge in [-0.15, -0.1) is 0 Å². The van der Waals surface area contributed by atoms with E-state index in [0.717, 1.165) is 30.1 Å². The number of nitrogens with one attached hydrogen (secondary N) is 1. The fraction of sp³-hybridized carbons (Fsp3) is 0.222. The molecule has 33 heavy (non-hydrogen) atoms. The van der Waals surface area contributed by atoms with Crippen molar-refractivity contribution in [2.45, 2.75) is 21.9 Å². The van der Waals surface area contributed by atoms with Crippen LogP contribution in [0.5, 0.6) is 17.2 Å². The van der Waals surface area contributed by atoms with E-state index in [1.165, 1.54) is 21.1 Å². The van der Waals surface area contributed by atoms with Crippen molar-refractivity contribution >= 4 is 31.9 Å². The molecule has 5 nitrogen and oxygen atoms in total. The molecule has 0 amide bonds. The van der Waals surface area contributed by atoms with Crippen LogP contribution in [0.25, 0.3) is 6.08 Å². The Morgan fingerprint density at radius 1 is 1.00 bits per heavy atom. The first-order valence-corrected chi connectivity index (χ1v) is 14.8. The van der Waals surface area contributed by atoms with E-state index in [1.54, 1.807) is 19.2 Å². The second-order valence-corrected chi connectivity index (χ2v) is 14.3. The Morgan fingerprint density at radius 2 is 1.73 bits per heavy atom. The van der Waals surface area contributed by atoms with Crippen LogP contribution in [0.3, 0.4) is 0 Å². The van der Waals surface area contributed by atoms with Crippen LogP contribution in [0, 0.1) is 0 Å². The Balaban J connectivity index is 1.34. The van der Waals surface area contributed by atoms with Gasteiger partial charge in [0.25, 0.3) is 0 Å². The Morgan fingerprint density at radius 3 is 2.39 bits per heavy atom. The molecule has 1 atom stereocenters. The number of alkyl halides is 2. The van der Waals surface area contributed by atoms with Crippen LogP contribution in [-0.2, 0) is 9.08 Å². The molecule has 6 heteroatoms. The summed E-state index contributed by atoms with van der Waals surface area (Å²) in [5.41, 5.74) is 3.92. The van der Waals surface area contributed by atoms with Crippen molar-refractivity contribution in [3.8, 4) is 17.2 Å². The number of carboxylic acid groups (broad SMARTS) is 1. The van der Waals surface area contributed by atoms with Crippen LogP contribution in [0.1, 0.15) is 39.9 Å². The second kappa shape index (κ2) is 7.60. The number of carbonyl (C=O) groups is 1. The SMILES string of the molecule is COc1ccc(Oc2cccc3c2C2(NC4(c5ccc(C(=O)O)cc5)CC4)CI2C=C3)cc1. The van der Waals surface area contributed by atoms with Gasteiger partial charge in [0.2, 0.25) is 0 Å². The van der Waals surface area contributed by atoms with E-state index in [9.17, 15) is 9.90 Å². The number of hydrogen-bond donors (Lipinski definition) is 2. The van der Waals surface area contributed by atoms with Gasteiger partial charge in [-0.3, -0.25) is 0 Å². The Bertz CT molecular complexity index is 1260. The fourth-order valence-corrected chi connectivity index (χ4v) is 11.2. The Labute approximate surface area is 199 Å². The molecular formula is C27H24INO4. The zero-order valence-corrected chi connectivity index (χ0v) is 20.3. The molecule has 6 rings (SSSR count). The zero-order valence-electron chi connectivity index (χ0n) is 18.2. The molecule has 3 aromatic rings. The quantitative estimate of drug-likeness (QED) is 0.210. The van der Waals surface area contributed by atoms with Crippen molar-refractivity contribution in [3.63, 3.8) is 0 Å². The molecule has 0 aromatic heterocycles. The molecule has 2 fully saturated rings. The number of ether oxygens (including phenoxy) is 2. The van der Waals surface area contributed by atoms with Crippen LogP contribution >= 0.6 is 19.8 Å². The van der Waals surface area contributed by atoms with Crippen molar-refractivity contribution in [2.24, 2.45) is 0 Å². The number of hydrogen-bond acceptors (Lipinski definition) is 4. The first-order chi connectivity index (χ1) is 16.0. The fourth-order valence-electron chi connectivity index (χ4n) is 4.70. The van der Waals surface area contributed by atoms with E-state index in [2.05, 4.69) is 33.7 Å². The van der Waals surface area contributed by atoms with E-state index in [1.807, 2.05) is 36.4 Å². The minimum atomic E-state index is -1.35. The van der Waals surface area contributed by atoms with Gasteiger partial charge < -0.3 is 0 Å². The summed E-state index contributed by atoms with van der Waals surface area (Å²) in [4.78, 5) is 11.3. The molecule has 1 saturated heterocycles. The average Bonchev–Trinajstić information content (AvgIpc) is 3.76. The van der Waals surface area contributed by atoms with Crippen molar-refractivity contribution in [1.82, 2.24) is 5.32 Å². The summed E-state index contributed by atoms with van der Waals surface area (Å²) < 4.78 is 15.3. The number of rotatable bonds is 7. The van der Waals surface area contributed by atoms with Crippen LogP contribution in [0.4, 0.5) is 0 Å². The van der Waals surface area contributed by atoms with E-state index in [4.69, 9.17) is 9.47 Å². The standard InChI is InChI=1S/C27H24INO4/c1-32-21-9-11-22(12-10-21)33-23-4-2-3-18-13-16-28-17-27(28,24(18)23)29-26(14-15-26)20-7-5-19(6-8-20)25(30)31/h2-13,16,29H,14-15,17H2,1H3,(H,30,31). The summed E-state index contributed by atoms with van der Waals surface area (Å²) in [7, 11) is 1.66. The molecule has 1 aliphatic carbocycles. The van der Waals surface area contributed by atoms with E-state index in [-0.39, 0.29) is 9.08 Å². The van der Waals surface area contributed by atoms with Gasteiger partial charge in [-0.2, -0.15) is 0 Å². The van der Waals surface area contributed by atoms with Gasteiger partial charge in [-0.05, 0) is 0 Å². The minimum absolute atomic E-state index is 0.0148. The topological polar surface area (TPSA) is 67.8 Å². The van der Waals surface area contributed by atoms with Gasteiger partial charge in [0.1, 0.15) is 0 Å². The summed E-state index contributed by atoms with van der Waals surface area (Å²) in [5.74, 6) is 1.62. The summed E-state index contributed by atoms with van der Waals surface area (Å²) in [5, 5.41) is 13.3. The number of aromatic carboxylic acids is 1. The summed E-state index contributed by atoms with van der Waals surface area (Å²) in [6.07, 6.45) is 4.40. The average molecular weight is 553 g/mol. The molecule has 1 unspecified atom stereocenters.